The zero-order chi connectivity index (χ0) is 14.5. The van der Waals surface area contributed by atoms with Gasteiger partial charge in [-0.25, -0.2) is 0 Å². The maximum absolute atomic E-state index is 12.3. The first kappa shape index (κ1) is 13.5. The van der Waals surface area contributed by atoms with Crippen LogP contribution >= 0.6 is 0 Å². The molecule has 4 nitrogen and oxygen atoms in total. The molecular weight excluding hydrogens is 238 g/mol. The van der Waals surface area contributed by atoms with Gasteiger partial charge in [0.1, 0.15) is 5.82 Å². The van der Waals surface area contributed by atoms with Crippen molar-refractivity contribution >= 4 is 5.82 Å². The summed E-state index contributed by atoms with van der Waals surface area (Å²) in [5.74, 6) is 0.432. The smallest absolute Gasteiger partial charge is 0.276 e. The van der Waals surface area contributed by atoms with Crippen LogP contribution in [0.5, 0.6) is 0 Å². The predicted octanol–water partition coefficient (Wildman–Crippen LogP) is 2.50. The molecule has 1 aromatic carbocycles. The summed E-state index contributed by atoms with van der Waals surface area (Å²) >= 11 is 0. The molecule has 3 N–H and O–H groups in total. The van der Waals surface area contributed by atoms with Crippen LogP contribution in [-0.2, 0) is 7.05 Å². The number of aromatic nitrogens is 2. The molecule has 0 saturated heterocycles. The minimum atomic E-state index is -0.0775. The van der Waals surface area contributed by atoms with E-state index < -0.39 is 0 Å². The zero-order valence-corrected chi connectivity index (χ0v) is 12.4. The molecule has 0 amide bonds. The number of rotatable bonds is 1. The van der Waals surface area contributed by atoms with Crippen molar-refractivity contribution in [2.24, 2.45) is 7.05 Å². The number of hydrogen-bond donors (Lipinski definition) is 2. The molecule has 0 radical (unpaired) electrons. The fourth-order valence-corrected chi connectivity index (χ4v) is 2.69. The van der Waals surface area contributed by atoms with Crippen molar-refractivity contribution in [1.82, 2.24) is 9.78 Å². The standard InChI is InChI=1S/C15H21N3O/c1-7-8(2)10(4)12(11(5)9(7)3)13-14(16)17-18(6)15(13)19/h17H,16H2,1-6H3. The first-order chi connectivity index (χ1) is 8.77. The number of aryl methyl sites for hydroxylation is 1. The van der Waals surface area contributed by atoms with Crippen LogP contribution < -0.4 is 11.3 Å². The molecule has 1 aromatic heterocycles. The lowest BCUT2D eigenvalue weighted by atomic mass is 9.87. The van der Waals surface area contributed by atoms with Gasteiger partial charge in [0.15, 0.2) is 0 Å². The first-order valence-corrected chi connectivity index (χ1v) is 6.39. The maximum Gasteiger partial charge on any atom is 0.276 e. The molecule has 2 aromatic rings. The van der Waals surface area contributed by atoms with Crippen molar-refractivity contribution in [3.63, 3.8) is 0 Å². The van der Waals surface area contributed by atoms with E-state index in [9.17, 15) is 4.79 Å². The molecule has 0 unspecified atom stereocenters. The summed E-state index contributed by atoms with van der Waals surface area (Å²) in [5.41, 5.74) is 13.4. The Morgan fingerprint density at radius 1 is 0.842 bits per heavy atom. The van der Waals surface area contributed by atoms with Gasteiger partial charge in [0.2, 0.25) is 0 Å². The number of nitrogens with one attached hydrogen (secondary N) is 1. The summed E-state index contributed by atoms with van der Waals surface area (Å²) in [6.07, 6.45) is 0. The van der Waals surface area contributed by atoms with E-state index in [1.807, 2.05) is 0 Å². The maximum atomic E-state index is 12.3. The molecule has 1 heterocycles. The van der Waals surface area contributed by atoms with E-state index >= 15 is 0 Å². The Labute approximate surface area is 113 Å². The van der Waals surface area contributed by atoms with Crippen LogP contribution in [0.2, 0.25) is 0 Å². The van der Waals surface area contributed by atoms with Gasteiger partial charge in [0.05, 0.1) is 5.56 Å². The number of aromatic amines is 1. The largest absolute Gasteiger partial charge is 0.383 e. The van der Waals surface area contributed by atoms with Crippen molar-refractivity contribution < 1.29 is 0 Å². The van der Waals surface area contributed by atoms with Crippen LogP contribution in [-0.4, -0.2) is 9.78 Å². The Bertz CT molecular complexity index is 691. The zero-order valence-electron chi connectivity index (χ0n) is 12.4. The molecule has 0 aliphatic heterocycles. The fraction of sp³-hybridized carbons (Fsp3) is 0.400. The minimum absolute atomic E-state index is 0.0775. The lowest BCUT2D eigenvalue weighted by molar-refractivity contribution is 0.744. The predicted molar refractivity (Wildman–Crippen MR) is 79.6 cm³/mol. The van der Waals surface area contributed by atoms with E-state index in [1.54, 1.807) is 7.05 Å². The second kappa shape index (κ2) is 4.30. The SMILES string of the molecule is Cc1c(C)c(C)c(-c2c(N)[nH]n(C)c2=O)c(C)c1C. The van der Waals surface area contributed by atoms with Gasteiger partial charge < -0.3 is 5.73 Å². The molecule has 4 heteroatoms. The van der Waals surface area contributed by atoms with Crippen molar-refractivity contribution in [2.45, 2.75) is 34.6 Å². The van der Waals surface area contributed by atoms with Gasteiger partial charge in [0, 0.05) is 7.05 Å². The number of anilines is 1. The van der Waals surface area contributed by atoms with Crippen molar-refractivity contribution in [2.75, 3.05) is 5.73 Å². The lowest BCUT2D eigenvalue weighted by Gasteiger charge is -2.17. The number of H-pyrrole nitrogens is 1. The van der Waals surface area contributed by atoms with Gasteiger partial charge in [0.25, 0.3) is 5.56 Å². The van der Waals surface area contributed by atoms with E-state index in [1.165, 1.54) is 21.4 Å². The Hall–Kier alpha value is -1.97. The second-order valence-corrected chi connectivity index (χ2v) is 5.26. The van der Waals surface area contributed by atoms with Crippen LogP contribution in [0.25, 0.3) is 11.1 Å². The topological polar surface area (TPSA) is 63.8 Å². The molecule has 0 saturated carbocycles. The van der Waals surface area contributed by atoms with E-state index in [0.717, 1.165) is 16.7 Å². The molecule has 102 valence electrons. The highest BCUT2D eigenvalue weighted by Gasteiger charge is 2.20. The van der Waals surface area contributed by atoms with E-state index in [0.29, 0.717) is 11.4 Å². The minimum Gasteiger partial charge on any atom is -0.383 e. The number of nitrogens with zero attached hydrogens (tertiary/aromatic N) is 1. The van der Waals surface area contributed by atoms with E-state index in [2.05, 4.69) is 39.7 Å². The molecule has 0 atom stereocenters. The Morgan fingerprint density at radius 2 is 1.26 bits per heavy atom. The molecule has 0 aliphatic carbocycles. The molecule has 0 fully saturated rings. The molecule has 19 heavy (non-hydrogen) atoms. The lowest BCUT2D eigenvalue weighted by Crippen LogP contribution is -2.14. The van der Waals surface area contributed by atoms with Gasteiger partial charge in [-0.15, -0.1) is 0 Å². The first-order valence-electron chi connectivity index (χ1n) is 6.39. The fourth-order valence-electron chi connectivity index (χ4n) is 2.69. The van der Waals surface area contributed by atoms with Crippen molar-refractivity contribution in [1.29, 1.82) is 0 Å². The van der Waals surface area contributed by atoms with Crippen molar-refractivity contribution in [3.05, 3.63) is 38.2 Å². The van der Waals surface area contributed by atoms with Gasteiger partial charge in [-0.3, -0.25) is 14.6 Å². The molecule has 0 spiro atoms. The highest BCUT2D eigenvalue weighted by molar-refractivity contribution is 5.80. The summed E-state index contributed by atoms with van der Waals surface area (Å²) in [6.45, 7) is 10.4. The highest BCUT2D eigenvalue weighted by Crippen LogP contribution is 2.34. The average Bonchev–Trinajstić information content (AvgIpc) is 2.61. The number of benzene rings is 1. The van der Waals surface area contributed by atoms with Crippen molar-refractivity contribution in [3.8, 4) is 11.1 Å². The van der Waals surface area contributed by atoms with Gasteiger partial charge in [-0.2, -0.15) is 0 Å². The summed E-state index contributed by atoms with van der Waals surface area (Å²) < 4.78 is 1.42. The Balaban J connectivity index is 2.95. The third-order valence-corrected chi connectivity index (χ3v) is 4.33. The highest BCUT2D eigenvalue weighted by atomic mass is 16.1. The summed E-state index contributed by atoms with van der Waals surface area (Å²) in [6, 6.07) is 0. The second-order valence-electron chi connectivity index (χ2n) is 5.26. The normalized spacial score (nSPS) is 11.1. The summed E-state index contributed by atoms with van der Waals surface area (Å²) in [4.78, 5) is 12.3. The number of hydrogen-bond acceptors (Lipinski definition) is 2. The van der Waals surface area contributed by atoms with E-state index in [4.69, 9.17) is 5.73 Å². The third-order valence-electron chi connectivity index (χ3n) is 4.33. The van der Waals surface area contributed by atoms with E-state index in [-0.39, 0.29) is 5.56 Å². The number of nitrogens with two attached hydrogens (primary N) is 1. The van der Waals surface area contributed by atoms with Gasteiger partial charge >= 0.3 is 0 Å². The molecule has 2 rings (SSSR count). The number of nitrogen functional groups attached to an aromatic ring is 1. The third kappa shape index (κ3) is 1.79. The molecular formula is C15H21N3O. The van der Waals surface area contributed by atoms with Gasteiger partial charge in [-0.1, -0.05) is 0 Å². The van der Waals surface area contributed by atoms with Gasteiger partial charge in [-0.05, 0) is 68.0 Å². The van der Waals surface area contributed by atoms with Crippen LogP contribution in [0.3, 0.4) is 0 Å². The Morgan fingerprint density at radius 3 is 1.63 bits per heavy atom. The molecule has 0 bridgehead atoms. The summed E-state index contributed by atoms with van der Waals surface area (Å²) in [7, 11) is 1.68. The summed E-state index contributed by atoms with van der Waals surface area (Å²) in [5, 5.41) is 2.86. The quantitative estimate of drug-likeness (QED) is 0.826. The van der Waals surface area contributed by atoms with Crippen LogP contribution in [0.15, 0.2) is 4.79 Å². The van der Waals surface area contributed by atoms with Crippen LogP contribution in [0, 0.1) is 34.6 Å². The van der Waals surface area contributed by atoms with Crippen LogP contribution in [0.4, 0.5) is 5.82 Å². The monoisotopic (exact) mass is 259 g/mol. The Kier molecular flexibility index (Phi) is 3.04. The molecule has 0 aliphatic rings. The van der Waals surface area contributed by atoms with Crippen LogP contribution in [0.1, 0.15) is 27.8 Å². The average molecular weight is 259 g/mol.